The largest absolute Gasteiger partial charge is 0.381 e. The van der Waals surface area contributed by atoms with Crippen LogP contribution in [0.4, 0.5) is 10.5 Å². The van der Waals surface area contributed by atoms with E-state index in [-0.39, 0.29) is 17.0 Å². The van der Waals surface area contributed by atoms with Crippen LogP contribution in [-0.4, -0.2) is 51.4 Å². The quantitative estimate of drug-likeness (QED) is 0.892. The molecule has 0 aromatic heterocycles. The van der Waals surface area contributed by atoms with Crippen molar-refractivity contribution in [3.05, 3.63) is 24.3 Å². The molecule has 1 aliphatic heterocycles. The van der Waals surface area contributed by atoms with E-state index >= 15 is 0 Å². The van der Waals surface area contributed by atoms with Crippen LogP contribution < -0.4 is 5.32 Å². The number of sulfone groups is 1. The second-order valence-corrected chi connectivity index (χ2v) is 8.30. The Hall–Kier alpha value is -1.60. The van der Waals surface area contributed by atoms with Gasteiger partial charge in [-0.25, -0.2) is 13.2 Å². The third-order valence-corrected chi connectivity index (χ3v) is 5.41. The summed E-state index contributed by atoms with van der Waals surface area (Å²) >= 11 is 0. The number of nitrogens with one attached hydrogen (secondary N) is 1. The number of hydrogen-bond donors (Lipinski definition) is 1. The van der Waals surface area contributed by atoms with Crippen LogP contribution in [0.1, 0.15) is 19.3 Å². The van der Waals surface area contributed by atoms with Gasteiger partial charge in [-0.2, -0.15) is 0 Å². The molecule has 1 saturated carbocycles. The van der Waals surface area contributed by atoms with Crippen molar-refractivity contribution in [3.8, 4) is 0 Å². The zero-order chi connectivity index (χ0) is 16.4. The summed E-state index contributed by atoms with van der Waals surface area (Å²) in [6.07, 6.45) is 4.13. The van der Waals surface area contributed by atoms with E-state index in [0.29, 0.717) is 24.8 Å². The zero-order valence-electron chi connectivity index (χ0n) is 13.2. The van der Waals surface area contributed by atoms with E-state index in [1.54, 1.807) is 18.2 Å². The Labute approximate surface area is 136 Å². The lowest BCUT2D eigenvalue weighted by Crippen LogP contribution is -2.40. The number of benzene rings is 1. The molecule has 23 heavy (non-hydrogen) atoms. The molecule has 2 amide bonds. The van der Waals surface area contributed by atoms with Gasteiger partial charge in [-0.1, -0.05) is 12.1 Å². The lowest BCUT2D eigenvalue weighted by molar-refractivity contribution is 0.167. The van der Waals surface area contributed by atoms with E-state index in [1.165, 1.54) is 6.07 Å². The lowest BCUT2D eigenvalue weighted by atomic mass is 10.1. The van der Waals surface area contributed by atoms with Crippen molar-refractivity contribution >= 4 is 21.6 Å². The number of rotatable bonds is 5. The molecular formula is C16H22N2O4S. The van der Waals surface area contributed by atoms with Crippen molar-refractivity contribution in [2.75, 3.05) is 31.3 Å². The summed E-state index contributed by atoms with van der Waals surface area (Å²) in [5, 5.41) is 2.78. The van der Waals surface area contributed by atoms with Crippen LogP contribution in [0.2, 0.25) is 0 Å². The number of ether oxygens (including phenoxy) is 1. The van der Waals surface area contributed by atoms with Crippen molar-refractivity contribution in [1.29, 1.82) is 0 Å². The fraction of sp³-hybridized carbons (Fsp3) is 0.562. The maximum absolute atomic E-state index is 12.6. The molecule has 1 saturated heterocycles. The number of nitrogens with zero attached hydrogens (tertiary/aromatic N) is 1. The summed E-state index contributed by atoms with van der Waals surface area (Å²) in [6.45, 7) is 2.11. The molecular weight excluding hydrogens is 316 g/mol. The minimum Gasteiger partial charge on any atom is -0.381 e. The first-order valence-electron chi connectivity index (χ1n) is 7.89. The molecule has 2 fully saturated rings. The second-order valence-electron chi connectivity index (χ2n) is 6.31. The number of carbonyl (C=O) groups excluding carboxylic acids is 1. The zero-order valence-corrected chi connectivity index (χ0v) is 14.0. The number of anilines is 1. The van der Waals surface area contributed by atoms with Crippen molar-refractivity contribution < 1.29 is 17.9 Å². The van der Waals surface area contributed by atoms with Crippen LogP contribution in [0.25, 0.3) is 0 Å². The number of amides is 2. The molecule has 7 heteroatoms. The monoisotopic (exact) mass is 338 g/mol. The van der Waals surface area contributed by atoms with Gasteiger partial charge in [0, 0.05) is 31.4 Å². The van der Waals surface area contributed by atoms with E-state index in [1.807, 2.05) is 4.90 Å². The number of para-hydroxylation sites is 1. The minimum absolute atomic E-state index is 0.147. The molecule has 0 spiro atoms. The third kappa shape index (κ3) is 4.03. The Balaban J connectivity index is 1.74. The highest BCUT2D eigenvalue weighted by Gasteiger charge is 2.35. The molecule has 1 N–H and O–H groups in total. The molecule has 0 radical (unpaired) electrons. The average Bonchev–Trinajstić information content (AvgIpc) is 3.20. The van der Waals surface area contributed by atoms with Gasteiger partial charge in [-0.15, -0.1) is 0 Å². The van der Waals surface area contributed by atoms with Gasteiger partial charge in [-0.3, -0.25) is 0 Å². The molecule has 1 atom stereocenters. The Morgan fingerprint density at radius 1 is 1.30 bits per heavy atom. The molecule has 1 heterocycles. The number of hydrogen-bond acceptors (Lipinski definition) is 4. The third-order valence-electron chi connectivity index (χ3n) is 4.26. The van der Waals surface area contributed by atoms with E-state index in [0.717, 1.165) is 32.1 Å². The van der Waals surface area contributed by atoms with Crippen molar-refractivity contribution in [3.63, 3.8) is 0 Å². The Kier molecular flexibility index (Phi) is 4.59. The molecule has 3 rings (SSSR count). The first-order valence-corrected chi connectivity index (χ1v) is 9.79. The topological polar surface area (TPSA) is 75.7 Å². The molecule has 1 aliphatic carbocycles. The van der Waals surface area contributed by atoms with Crippen LogP contribution in [-0.2, 0) is 14.6 Å². The standard InChI is InChI=1S/C16H22N2O4S/c1-23(20,21)15-5-3-2-4-14(15)17-16(19)18(13-6-7-13)10-12-8-9-22-11-12/h2-5,12-13H,6-11H2,1H3,(H,17,19)/t12-/m0/s1. The van der Waals surface area contributed by atoms with Crippen LogP contribution in [0.5, 0.6) is 0 Å². The average molecular weight is 338 g/mol. The molecule has 126 valence electrons. The number of carbonyl (C=O) groups is 1. The van der Waals surface area contributed by atoms with Crippen molar-refractivity contribution in [2.24, 2.45) is 5.92 Å². The van der Waals surface area contributed by atoms with Gasteiger partial charge in [0.25, 0.3) is 0 Å². The lowest BCUT2D eigenvalue weighted by Gasteiger charge is -2.25. The summed E-state index contributed by atoms with van der Waals surface area (Å²) in [7, 11) is -3.39. The highest BCUT2D eigenvalue weighted by atomic mass is 32.2. The normalized spacial score (nSPS) is 21.2. The van der Waals surface area contributed by atoms with Gasteiger partial charge in [0.15, 0.2) is 9.84 Å². The fourth-order valence-corrected chi connectivity index (χ4v) is 3.71. The van der Waals surface area contributed by atoms with Gasteiger partial charge in [0.2, 0.25) is 0 Å². The maximum atomic E-state index is 12.6. The van der Waals surface area contributed by atoms with Crippen molar-refractivity contribution in [2.45, 2.75) is 30.2 Å². The predicted octanol–water partition coefficient (Wildman–Crippen LogP) is 2.12. The fourth-order valence-electron chi connectivity index (χ4n) is 2.87. The Morgan fingerprint density at radius 2 is 2.04 bits per heavy atom. The Bertz CT molecular complexity index is 679. The molecule has 1 aromatic carbocycles. The van der Waals surface area contributed by atoms with Gasteiger partial charge >= 0.3 is 6.03 Å². The first kappa shape index (κ1) is 16.3. The molecule has 2 aliphatic rings. The van der Waals surface area contributed by atoms with Crippen LogP contribution in [0.15, 0.2) is 29.2 Å². The van der Waals surface area contributed by atoms with Crippen LogP contribution >= 0.6 is 0 Å². The van der Waals surface area contributed by atoms with Gasteiger partial charge < -0.3 is 15.0 Å². The highest BCUT2D eigenvalue weighted by molar-refractivity contribution is 7.90. The summed E-state index contributed by atoms with van der Waals surface area (Å²) in [4.78, 5) is 14.6. The van der Waals surface area contributed by atoms with Crippen molar-refractivity contribution in [1.82, 2.24) is 4.90 Å². The first-order chi connectivity index (χ1) is 10.9. The second kappa shape index (κ2) is 6.49. The predicted molar refractivity (Wildman–Crippen MR) is 87.2 cm³/mol. The molecule has 0 bridgehead atoms. The Morgan fingerprint density at radius 3 is 2.65 bits per heavy atom. The van der Waals surface area contributed by atoms with E-state index in [9.17, 15) is 13.2 Å². The summed E-state index contributed by atoms with van der Waals surface area (Å²) in [6, 6.07) is 6.54. The molecule has 1 aromatic rings. The highest BCUT2D eigenvalue weighted by Crippen LogP contribution is 2.30. The van der Waals surface area contributed by atoms with Gasteiger partial charge in [0.1, 0.15) is 0 Å². The maximum Gasteiger partial charge on any atom is 0.322 e. The smallest absolute Gasteiger partial charge is 0.322 e. The number of urea groups is 1. The van der Waals surface area contributed by atoms with Crippen LogP contribution in [0.3, 0.4) is 0 Å². The summed E-state index contributed by atoms with van der Waals surface area (Å²) in [5.74, 6) is 0.367. The van der Waals surface area contributed by atoms with E-state index in [2.05, 4.69) is 5.32 Å². The minimum atomic E-state index is -3.39. The van der Waals surface area contributed by atoms with Gasteiger partial charge in [0.05, 0.1) is 17.2 Å². The molecule has 0 unspecified atom stereocenters. The molecule has 6 nitrogen and oxygen atoms in total. The van der Waals surface area contributed by atoms with E-state index in [4.69, 9.17) is 4.74 Å². The SMILES string of the molecule is CS(=O)(=O)c1ccccc1NC(=O)N(C[C@@H]1CCOC1)C1CC1. The van der Waals surface area contributed by atoms with Gasteiger partial charge in [-0.05, 0) is 31.4 Å². The summed E-state index contributed by atoms with van der Waals surface area (Å²) in [5.41, 5.74) is 0.341. The van der Waals surface area contributed by atoms with E-state index < -0.39 is 9.84 Å². The summed E-state index contributed by atoms with van der Waals surface area (Å²) < 4.78 is 29.1. The van der Waals surface area contributed by atoms with Crippen LogP contribution in [0, 0.1) is 5.92 Å².